The lowest BCUT2D eigenvalue weighted by Gasteiger charge is -2.46. The van der Waals surface area contributed by atoms with E-state index in [0.29, 0.717) is 12.0 Å². The number of aromatic nitrogens is 1. The van der Waals surface area contributed by atoms with Gasteiger partial charge in [-0.25, -0.2) is 9.38 Å². The summed E-state index contributed by atoms with van der Waals surface area (Å²) in [7, 11) is 1.58. The molecule has 0 bridgehead atoms. The number of nitrogens with two attached hydrogens (primary N) is 1. The first kappa shape index (κ1) is 19.0. The Morgan fingerprint density at radius 1 is 1.15 bits per heavy atom. The van der Waals surface area contributed by atoms with Crippen LogP contribution >= 0.6 is 0 Å². The molecule has 0 saturated carbocycles. The molecule has 2 N–H and O–H groups in total. The summed E-state index contributed by atoms with van der Waals surface area (Å²) in [5.74, 6) is -0.496. The van der Waals surface area contributed by atoms with E-state index in [1.54, 1.807) is 40.0 Å². The summed E-state index contributed by atoms with van der Waals surface area (Å²) >= 11 is 0. The predicted octanol–water partition coefficient (Wildman–Crippen LogP) is 3.15. The molecule has 6 heteroatoms. The van der Waals surface area contributed by atoms with Gasteiger partial charge in [-0.1, -0.05) is 18.2 Å². The van der Waals surface area contributed by atoms with Gasteiger partial charge in [-0.15, -0.1) is 0 Å². The zero-order valence-corrected chi connectivity index (χ0v) is 16.4. The highest BCUT2D eigenvalue weighted by Gasteiger charge is 2.53. The normalized spacial score (nSPS) is 21.9. The van der Waals surface area contributed by atoms with E-state index in [9.17, 15) is 9.18 Å². The fourth-order valence-corrected chi connectivity index (χ4v) is 3.47. The minimum atomic E-state index is -1.10. The molecule has 2 aromatic rings. The highest BCUT2D eigenvalue weighted by atomic mass is 19.1. The molecular weight excluding hydrogens is 343 g/mol. The van der Waals surface area contributed by atoms with Crippen LogP contribution in [0.4, 0.5) is 4.39 Å². The van der Waals surface area contributed by atoms with Crippen molar-refractivity contribution in [1.29, 1.82) is 0 Å². The van der Waals surface area contributed by atoms with E-state index in [1.165, 1.54) is 11.0 Å². The number of amides is 1. The van der Waals surface area contributed by atoms with E-state index in [4.69, 9.17) is 5.73 Å². The van der Waals surface area contributed by atoms with Crippen LogP contribution in [0.3, 0.4) is 0 Å². The lowest BCUT2D eigenvalue weighted by atomic mass is 9.67. The number of guanidine groups is 1. The second kappa shape index (κ2) is 6.44. The third-order valence-corrected chi connectivity index (χ3v) is 5.67. The lowest BCUT2D eigenvalue weighted by molar-refractivity contribution is -0.140. The molecule has 0 saturated heterocycles. The average Bonchev–Trinajstić information content (AvgIpc) is 2.62. The van der Waals surface area contributed by atoms with Gasteiger partial charge in [0.1, 0.15) is 11.4 Å². The van der Waals surface area contributed by atoms with Crippen LogP contribution in [-0.2, 0) is 16.8 Å². The Kier molecular flexibility index (Phi) is 4.54. The van der Waals surface area contributed by atoms with Crippen molar-refractivity contribution in [2.24, 2.45) is 16.1 Å². The fourth-order valence-electron chi connectivity index (χ4n) is 3.47. The highest BCUT2D eigenvalue weighted by Crippen LogP contribution is 2.47. The highest BCUT2D eigenvalue weighted by molar-refractivity contribution is 6.01. The summed E-state index contributed by atoms with van der Waals surface area (Å²) in [6.07, 6.45) is 2.43. The second-order valence-electron chi connectivity index (χ2n) is 7.83. The van der Waals surface area contributed by atoms with Crippen LogP contribution in [-0.4, -0.2) is 28.8 Å². The SMILES string of the molecule is Cc1ccc(Cc2ccc(F)c([C@@]3(C)N=C(N)N(C)C(=O)C3(C)C)c2)cn1. The van der Waals surface area contributed by atoms with Crippen LogP contribution in [0.25, 0.3) is 0 Å². The first-order chi connectivity index (χ1) is 12.6. The van der Waals surface area contributed by atoms with Gasteiger partial charge in [-0.05, 0) is 57.4 Å². The summed E-state index contributed by atoms with van der Waals surface area (Å²) in [6.45, 7) is 7.25. The molecule has 0 spiro atoms. The molecule has 0 unspecified atom stereocenters. The van der Waals surface area contributed by atoms with E-state index in [2.05, 4.69) is 9.98 Å². The van der Waals surface area contributed by atoms with Gasteiger partial charge in [0.2, 0.25) is 5.91 Å². The number of carbonyl (C=O) groups is 1. The molecule has 1 aliphatic rings. The van der Waals surface area contributed by atoms with E-state index in [0.717, 1.165) is 16.8 Å². The van der Waals surface area contributed by atoms with Gasteiger partial charge >= 0.3 is 0 Å². The van der Waals surface area contributed by atoms with Gasteiger partial charge in [0.15, 0.2) is 5.96 Å². The van der Waals surface area contributed by atoms with Crippen molar-refractivity contribution in [3.05, 3.63) is 64.7 Å². The van der Waals surface area contributed by atoms with Gasteiger partial charge in [-0.3, -0.25) is 14.7 Å². The maximum Gasteiger partial charge on any atom is 0.237 e. The first-order valence-corrected chi connectivity index (χ1v) is 8.90. The van der Waals surface area contributed by atoms with Gasteiger partial charge in [0.25, 0.3) is 0 Å². The van der Waals surface area contributed by atoms with Crippen LogP contribution < -0.4 is 5.73 Å². The molecule has 1 aromatic heterocycles. The summed E-state index contributed by atoms with van der Waals surface area (Å²) in [5, 5.41) is 0. The van der Waals surface area contributed by atoms with Crippen molar-refractivity contribution >= 4 is 11.9 Å². The number of nitrogens with zero attached hydrogens (tertiary/aromatic N) is 3. The minimum absolute atomic E-state index is 0.0920. The summed E-state index contributed by atoms with van der Waals surface area (Å²) in [5.41, 5.74) is 7.17. The Morgan fingerprint density at radius 3 is 2.44 bits per heavy atom. The molecule has 27 heavy (non-hydrogen) atoms. The number of aliphatic imine (C=N–C) groups is 1. The van der Waals surface area contributed by atoms with E-state index >= 15 is 0 Å². The molecule has 1 aromatic carbocycles. The van der Waals surface area contributed by atoms with Crippen molar-refractivity contribution in [3.8, 4) is 0 Å². The van der Waals surface area contributed by atoms with Crippen molar-refractivity contribution in [2.45, 2.75) is 39.7 Å². The topological polar surface area (TPSA) is 71.6 Å². The van der Waals surface area contributed by atoms with E-state index in [-0.39, 0.29) is 11.9 Å². The number of carbonyl (C=O) groups excluding carboxylic acids is 1. The number of aryl methyl sites for hydroxylation is 1. The largest absolute Gasteiger partial charge is 0.369 e. The Balaban J connectivity index is 2.08. The Labute approximate surface area is 159 Å². The number of benzene rings is 1. The third kappa shape index (κ3) is 3.09. The molecular formula is C21H25FN4O. The molecule has 0 radical (unpaired) electrons. The number of halogens is 1. The summed E-state index contributed by atoms with van der Waals surface area (Å²) in [4.78, 5) is 23.0. The predicted molar refractivity (Wildman–Crippen MR) is 104 cm³/mol. The molecule has 1 amide bonds. The molecule has 5 nitrogen and oxygen atoms in total. The maximum atomic E-state index is 14.8. The molecule has 1 atom stereocenters. The number of rotatable bonds is 3. The van der Waals surface area contributed by atoms with Crippen LogP contribution in [0.15, 0.2) is 41.5 Å². The number of pyridine rings is 1. The zero-order chi connectivity index (χ0) is 20.0. The minimum Gasteiger partial charge on any atom is -0.369 e. The molecule has 0 aliphatic carbocycles. The average molecular weight is 368 g/mol. The van der Waals surface area contributed by atoms with Crippen LogP contribution in [0, 0.1) is 18.2 Å². The zero-order valence-electron chi connectivity index (χ0n) is 16.4. The quantitative estimate of drug-likeness (QED) is 0.905. The third-order valence-electron chi connectivity index (χ3n) is 5.67. The standard InChI is InChI=1S/C21H25FN4O/c1-13-6-7-15(12-24-13)10-14-8-9-17(22)16(11-14)21(4)20(2,3)18(27)26(5)19(23)25-21/h6-9,11-12H,10H2,1-5H3,(H2,23,25)/t21-/m1/s1. The Hall–Kier alpha value is -2.76. The van der Waals surface area contributed by atoms with Gasteiger partial charge in [0.05, 0.1) is 5.41 Å². The smallest absolute Gasteiger partial charge is 0.237 e. The maximum absolute atomic E-state index is 14.8. The van der Waals surface area contributed by atoms with Crippen LogP contribution in [0.5, 0.6) is 0 Å². The molecule has 0 fully saturated rings. The van der Waals surface area contributed by atoms with Crippen LogP contribution in [0.1, 0.15) is 43.2 Å². The van der Waals surface area contributed by atoms with Crippen molar-refractivity contribution in [2.75, 3.05) is 7.05 Å². The second-order valence-corrected chi connectivity index (χ2v) is 7.83. The fraction of sp³-hybridized carbons (Fsp3) is 0.381. The van der Waals surface area contributed by atoms with Crippen molar-refractivity contribution in [1.82, 2.24) is 9.88 Å². The lowest BCUT2D eigenvalue weighted by Crippen LogP contribution is -2.58. The van der Waals surface area contributed by atoms with Crippen molar-refractivity contribution < 1.29 is 9.18 Å². The van der Waals surface area contributed by atoms with Gasteiger partial charge < -0.3 is 5.73 Å². The van der Waals surface area contributed by atoms with Crippen molar-refractivity contribution in [3.63, 3.8) is 0 Å². The number of hydrogen-bond acceptors (Lipinski definition) is 4. The monoisotopic (exact) mass is 368 g/mol. The number of hydrogen-bond donors (Lipinski definition) is 1. The molecule has 3 rings (SSSR count). The van der Waals surface area contributed by atoms with E-state index < -0.39 is 16.8 Å². The molecule has 1 aliphatic heterocycles. The van der Waals surface area contributed by atoms with Crippen LogP contribution in [0.2, 0.25) is 0 Å². The van der Waals surface area contributed by atoms with E-state index in [1.807, 2.05) is 25.3 Å². The Bertz CT molecular complexity index is 920. The summed E-state index contributed by atoms with van der Waals surface area (Å²) in [6, 6.07) is 8.92. The van der Waals surface area contributed by atoms with Gasteiger partial charge in [0, 0.05) is 24.5 Å². The van der Waals surface area contributed by atoms with Gasteiger partial charge in [-0.2, -0.15) is 0 Å². The Morgan fingerprint density at radius 2 is 1.81 bits per heavy atom. The molecule has 2 heterocycles. The first-order valence-electron chi connectivity index (χ1n) is 8.90. The summed E-state index contributed by atoms with van der Waals surface area (Å²) < 4.78 is 14.8. The molecule has 142 valence electrons.